The highest BCUT2D eigenvalue weighted by atomic mass is 35.5. The lowest BCUT2D eigenvalue weighted by molar-refractivity contribution is -0.141. The molecule has 0 atom stereocenters. The molecule has 0 bridgehead atoms. The quantitative estimate of drug-likeness (QED) is 0.713. The van der Waals surface area contributed by atoms with E-state index in [9.17, 15) is 18.0 Å². The van der Waals surface area contributed by atoms with E-state index in [0.717, 1.165) is 16.3 Å². The molecule has 6 nitrogen and oxygen atoms in total. The summed E-state index contributed by atoms with van der Waals surface area (Å²) in [5.41, 5.74) is 0.507. The summed E-state index contributed by atoms with van der Waals surface area (Å²) in [7, 11) is 0. The van der Waals surface area contributed by atoms with E-state index in [1.807, 2.05) is 18.2 Å². The van der Waals surface area contributed by atoms with Crippen molar-refractivity contribution in [3.8, 4) is 0 Å². The molecule has 1 amide bonds. The third-order valence-corrected chi connectivity index (χ3v) is 4.14. The summed E-state index contributed by atoms with van der Waals surface area (Å²) in [5, 5.41) is 10.8. The molecule has 2 aromatic heterocycles. The number of anilines is 1. The van der Waals surface area contributed by atoms with E-state index in [4.69, 9.17) is 11.6 Å². The first-order valence-electron chi connectivity index (χ1n) is 7.90. The number of hydrogen-bond acceptors (Lipinski definition) is 3. The van der Waals surface area contributed by atoms with Crippen molar-refractivity contribution in [1.82, 2.24) is 19.6 Å². The van der Waals surface area contributed by atoms with Crippen LogP contribution >= 0.6 is 11.6 Å². The third-order valence-electron chi connectivity index (χ3n) is 3.77. The first-order chi connectivity index (χ1) is 12.7. The molecule has 0 unspecified atom stereocenters. The number of rotatable bonds is 5. The minimum Gasteiger partial charge on any atom is -0.322 e. The zero-order valence-corrected chi connectivity index (χ0v) is 14.9. The SMILES string of the molecule is Cc1cc(C(F)(F)F)nn1CC(=O)Nc1cnn(Cc2ccccc2Cl)c1. The van der Waals surface area contributed by atoms with Crippen molar-refractivity contribution >= 4 is 23.2 Å². The second kappa shape index (κ2) is 7.43. The Morgan fingerprint density at radius 3 is 2.70 bits per heavy atom. The minimum atomic E-state index is -4.55. The van der Waals surface area contributed by atoms with E-state index < -0.39 is 17.8 Å². The van der Waals surface area contributed by atoms with Gasteiger partial charge in [0.25, 0.3) is 0 Å². The van der Waals surface area contributed by atoms with E-state index in [0.29, 0.717) is 17.3 Å². The lowest BCUT2D eigenvalue weighted by Crippen LogP contribution is -2.20. The Bertz CT molecular complexity index is 964. The van der Waals surface area contributed by atoms with Crippen LogP contribution < -0.4 is 5.32 Å². The molecule has 0 spiro atoms. The molecule has 0 radical (unpaired) electrons. The van der Waals surface area contributed by atoms with Crippen LogP contribution in [0, 0.1) is 6.92 Å². The Labute approximate surface area is 157 Å². The molecule has 0 saturated heterocycles. The van der Waals surface area contributed by atoms with Gasteiger partial charge in [-0.05, 0) is 24.6 Å². The zero-order chi connectivity index (χ0) is 19.6. The summed E-state index contributed by atoms with van der Waals surface area (Å²) in [6.45, 7) is 1.54. The van der Waals surface area contributed by atoms with Crippen LogP contribution in [0.5, 0.6) is 0 Å². The predicted molar refractivity (Wildman–Crippen MR) is 93.4 cm³/mol. The number of nitrogens with zero attached hydrogens (tertiary/aromatic N) is 4. The van der Waals surface area contributed by atoms with Crippen molar-refractivity contribution in [3.63, 3.8) is 0 Å². The van der Waals surface area contributed by atoms with Crippen molar-refractivity contribution in [2.75, 3.05) is 5.32 Å². The van der Waals surface area contributed by atoms with Gasteiger partial charge in [-0.1, -0.05) is 29.8 Å². The fourth-order valence-electron chi connectivity index (χ4n) is 2.46. The molecule has 0 aliphatic rings. The van der Waals surface area contributed by atoms with E-state index in [-0.39, 0.29) is 12.2 Å². The van der Waals surface area contributed by atoms with Crippen LogP contribution in [0.1, 0.15) is 17.0 Å². The summed E-state index contributed by atoms with van der Waals surface area (Å²) in [5.74, 6) is -0.507. The maximum Gasteiger partial charge on any atom is 0.435 e. The van der Waals surface area contributed by atoms with Crippen LogP contribution in [-0.4, -0.2) is 25.5 Å². The number of carbonyl (C=O) groups is 1. The molecule has 1 N–H and O–H groups in total. The lowest BCUT2D eigenvalue weighted by atomic mass is 10.2. The van der Waals surface area contributed by atoms with E-state index in [2.05, 4.69) is 15.5 Å². The van der Waals surface area contributed by atoms with Gasteiger partial charge in [-0.15, -0.1) is 0 Å². The van der Waals surface area contributed by atoms with E-state index in [1.54, 1.807) is 16.9 Å². The van der Waals surface area contributed by atoms with Gasteiger partial charge in [-0.25, -0.2) is 0 Å². The molecule has 1 aromatic carbocycles. The van der Waals surface area contributed by atoms with Crippen molar-refractivity contribution in [3.05, 3.63) is 64.7 Å². The van der Waals surface area contributed by atoms with Crippen LogP contribution in [0.4, 0.5) is 18.9 Å². The standard InChI is InChI=1S/C17H15ClF3N5O/c1-11-6-15(17(19,20)21)24-26(11)10-16(27)23-13-7-22-25(9-13)8-12-4-2-3-5-14(12)18/h2-7,9H,8,10H2,1H3,(H,23,27). The summed E-state index contributed by atoms with van der Waals surface area (Å²) in [6, 6.07) is 8.21. The van der Waals surface area contributed by atoms with Crippen molar-refractivity contribution in [1.29, 1.82) is 0 Å². The topological polar surface area (TPSA) is 64.7 Å². The van der Waals surface area contributed by atoms with Crippen LogP contribution in [0.25, 0.3) is 0 Å². The number of aryl methyl sites for hydroxylation is 1. The van der Waals surface area contributed by atoms with Crippen LogP contribution in [0.2, 0.25) is 5.02 Å². The fraction of sp³-hybridized carbons (Fsp3) is 0.235. The summed E-state index contributed by atoms with van der Waals surface area (Å²) < 4.78 is 40.6. The van der Waals surface area contributed by atoms with Gasteiger partial charge in [0.05, 0.1) is 18.4 Å². The number of amides is 1. The molecular formula is C17H15ClF3N5O. The lowest BCUT2D eigenvalue weighted by Gasteiger charge is -2.06. The number of benzene rings is 1. The second-order valence-electron chi connectivity index (χ2n) is 5.89. The Hall–Kier alpha value is -2.81. The predicted octanol–water partition coefficient (Wildman–Crippen LogP) is 3.75. The van der Waals surface area contributed by atoms with Crippen LogP contribution in [0.15, 0.2) is 42.7 Å². The monoisotopic (exact) mass is 397 g/mol. The molecule has 3 aromatic rings. The first-order valence-corrected chi connectivity index (χ1v) is 8.27. The first kappa shape index (κ1) is 19.0. The van der Waals surface area contributed by atoms with Gasteiger partial charge in [-0.2, -0.15) is 23.4 Å². The molecule has 0 aliphatic heterocycles. The molecule has 3 rings (SSSR count). The van der Waals surface area contributed by atoms with Crippen molar-refractivity contribution < 1.29 is 18.0 Å². The summed E-state index contributed by atoms with van der Waals surface area (Å²) >= 11 is 6.10. The van der Waals surface area contributed by atoms with E-state index >= 15 is 0 Å². The Balaban J connectivity index is 1.63. The summed E-state index contributed by atoms with van der Waals surface area (Å²) in [6.07, 6.45) is -1.49. The van der Waals surface area contributed by atoms with Crippen molar-refractivity contribution in [2.45, 2.75) is 26.2 Å². The Morgan fingerprint density at radius 2 is 2.04 bits per heavy atom. The zero-order valence-electron chi connectivity index (χ0n) is 14.2. The number of nitrogens with one attached hydrogen (secondary N) is 1. The molecule has 2 heterocycles. The normalized spacial score (nSPS) is 11.6. The molecule has 0 saturated carbocycles. The summed E-state index contributed by atoms with van der Waals surface area (Å²) in [4.78, 5) is 12.1. The number of halogens is 4. The van der Waals surface area contributed by atoms with E-state index in [1.165, 1.54) is 13.1 Å². The Morgan fingerprint density at radius 1 is 1.30 bits per heavy atom. The van der Waals surface area contributed by atoms with Gasteiger partial charge < -0.3 is 5.32 Å². The average Bonchev–Trinajstić information content (AvgIpc) is 3.16. The van der Waals surface area contributed by atoms with Crippen molar-refractivity contribution in [2.24, 2.45) is 0 Å². The maximum atomic E-state index is 12.7. The molecule has 142 valence electrons. The van der Waals surface area contributed by atoms with Gasteiger partial charge in [0, 0.05) is 16.9 Å². The highest BCUT2D eigenvalue weighted by Gasteiger charge is 2.34. The second-order valence-corrected chi connectivity index (χ2v) is 6.30. The number of hydrogen-bond donors (Lipinski definition) is 1. The van der Waals surface area contributed by atoms with Crippen LogP contribution in [-0.2, 0) is 24.1 Å². The molecular weight excluding hydrogens is 383 g/mol. The number of aromatic nitrogens is 4. The van der Waals surface area contributed by atoms with Gasteiger partial charge >= 0.3 is 6.18 Å². The van der Waals surface area contributed by atoms with Gasteiger partial charge in [0.1, 0.15) is 6.54 Å². The molecule has 10 heteroatoms. The highest BCUT2D eigenvalue weighted by Crippen LogP contribution is 2.28. The minimum absolute atomic E-state index is 0.242. The smallest absolute Gasteiger partial charge is 0.322 e. The Kier molecular flexibility index (Phi) is 5.22. The maximum absolute atomic E-state index is 12.7. The van der Waals surface area contributed by atoms with Gasteiger partial charge in [0.2, 0.25) is 5.91 Å². The molecule has 0 fully saturated rings. The van der Waals surface area contributed by atoms with Gasteiger partial charge in [0.15, 0.2) is 5.69 Å². The number of carbonyl (C=O) groups excluding carboxylic acids is 1. The third kappa shape index (κ3) is 4.68. The average molecular weight is 398 g/mol. The fourth-order valence-corrected chi connectivity index (χ4v) is 2.66. The number of alkyl halides is 3. The molecule has 0 aliphatic carbocycles. The largest absolute Gasteiger partial charge is 0.435 e. The van der Waals surface area contributed by atoms with Gasteiger partial charge in [-0.3, -0.25) is 14.2 Å². The highest BCUT2D eigenvalue weighted by molar-refractivity contribution is 6.31. The molecule has 27 heavy (non-hydrogen) atoms. The van der Waals surface area contributed by atoms with Crippen LogP contribution in [0.3, 0.4) is 0 Å².